The minimum atomic E-state index is -1.89. The number of carboxylic acid groups (broad SMARTS) is 1. The fourth-order valence-electron chi connectivity index (χ4n) is 0.264. The van der Waals surface area contributed by atoms with Crippen LogP contribution in [0, 0.1) is 0 Å². The summed E-state index contributed by atoms with van der Waals surface area (Å²) in [4.78, 5) is 9.78. The number of hydrogen-bond donors (Lipinski definition) is 4. The molecule has 0 aromatic heterocycles. The van der Waals surface area contributed by atoms with Crippen molar-refractivity contribution in [2.45, 2.75) is 12.2 Å². The van der Waals surface area contributed by atoms with Gasteiger partial charge in [-0.15, -0.1) is 0 Å². The van der Waals surface area contributed by atoms with Crippen LogP contribution in [0.1, 0.15) is 0 Å². The van der Waals surface area contributed by atoms with E-state index in [1.807, 2.05) is 0 Å². The fraction of sp³-hybridized carbons (Fsp3) is 0.750. The zero-order valence-corrected chi connectivity index (χ0v) is 7.47. The first-order chi connectivity index (χ1) is 4.09. The molecular weight excluding hydrogens is 168 g/mol. The summed E-state index contributed by atoms with van der Waals surface area (Å²) in [6.45, 7) is -0.756. The van der Waals surface area contributed by atoms with E-state index < -0.39 is 24.8 Å². The molecule has 0 bridgehead atoms. The SMILES string of the molecule is O=C(O)[C@H](O)[C@H](O)CO.[Ca]. The van der Waals surface area contributed by atoms with Gasteiger partial charge in [0.25, 0.3) is 0 Å². The maximum absolute atomic E-state index is 9.78. The maximum Gasteiger partial charge on any atom is 0.335 e. The zero-order valence-electron chi connectivity index (χ0n) is 5.27. The summed E-state index contributed by atoms with van der Waals surface area (Å²) in [5.41, 5.74) is 0. The van der Waals surface area contributed by atoms with Crippen LogP contribution < -0.4 is 0 Å². The number of aliphatic hydroxyl groups is 3. The second-order valence-electron chi connectivity index (χ2n) is 1.53. The van der Waals surface area contributed by atoms with Crippen LogP contribution in [0.4, 0.5) is 0 Å². The quantitative estimate of drug-likeness (QED) is 0.354. The smallest absolute Gasteiger partial charge is 0.335 e. The molecular formula is C4H8CaO5. The Morgan fingerprint density at radius 2 is 1.80 bits per heavy atom. The molecule has 0 spiro atoms. The van der Waals surface area contributed by atoms with E-state index in [1.54, 1.807) is 0 Å². The molecule has 0 aliphatic carbocycles. The molecule has 10 heavy (non-hydrogen) atoms. The Morgan fingerprint density at radius 1 is 1.40 bits per heavy atom. The molecule has 0 amide bonds. The van der Waals surface area contributed by atoms with Crippen LogP contribution in [0.3, 0.4) is 0 Å². The second kappa shape index (κ2) is 6.33. The number of rotatable bonds is 3. The van der Waals surface area contributed by atoms with E-state index in [9.17, 15) is 4.79 Å². The third-order valence-electron chi connectivity index (χ3n) is 0.805. The molecule has 0 saturated heterocycles. The van der Waals surface area contributed by atoms with Crippen molar-refractivity contribution in [3.05, 3.63) is 0 Å². The fourth-order valence-corrected chi connectivity index (χ4v) is 0.264. The third-order valence-corrected chi connectivity index (χ3v) is 0.805. The minimum absolute atomic E-state index is 0. The van der Waals surface area contributed by atoms with Crippen LogP contribution in [0.2, 0.25) is 0 Å². The topological polar surface area (TPSA) is 98.0 Å². The summed E-state index contributed by atoms with van der Waals surface area (Å²) in [6, 6.07) is 0. The molecule has 56 valence electrons. The largest absolute Gasteiger partial charge is 0.479 e. The van der Waals surface area contributed by atoms with Crippen molar-refractivity contribution in [2.24, 2.45) is 0 Å². The van der Waals surface area contributed by atoms with Crippen molar-refractivity contribution in [1.29, 1.82) is 0 Å². The second-order valence-corrected chi connectivity index (χ2v) is 1.53. The van der Waals surface area contributed by atoms with Gasteiger partial charge in [-0.05, 0) is 0 Å². The van der Waals surface area contributed by atoms with E-state index in [0.717, 1.165) is 0 Å². The average molecular weight is 176 g/mol. The van der Waals surface area contributed by atoms with Gasteiger partial charge in [-0.3, -0.25) is 0 Å². The summed E-state index contributed by atoms with van der Waals surface area (Å²) in [5, 5.41) is 32.8. The Hall–Kier alpha value is 0.610. The van der Waals surface area contributed by atoms with Gasteiger partial charge in [0.1, 0.15) is 6.10 Å². The Balaban J connectivity index is 0. The minimum Gasteiger partial charge on any atom is -0.479 e. The Bertz CT molecular complexity index is 106. The Morgan fingerprint density at radius 3 is 1.90 bits per heavy atom. The number of carboxylic acids is 1. The van der Waals surface area contributed by atoms with Crippen molar-refractivity contribution < 1.29 is 25.2 Å². The number of hydrogen-bond acceptors (Lipinski definition) is 4. The Kier molecular flexibility index (Phi) is 8.36. The molecule has 0 rings (SSSR count). The van der Waals surface area contributed by atoms with Crippen molar-refractivity contribution in [2.75, 3.05) is 6.61 Å². The van der Waals surface area contributed by atoms with E-state index in [0.29, 0.717) is 0 Å². The third kappa shape index (κ3) is 4.43. The first-order valence-corrected chi connectivity index (χ1v) is 2.29. The molecule has 6 heteroatoms. The van der Waals surface area contributed by atoms with Crippen molar-refractivity contribution in [3.63, 3.8) is 0 Å². The molecule has 2 radical (unpaired) electrons. The van der Waals surface area contributed by atoms with E-state index in [4.69, 9.17) is 20.4 Å². The van der Waals surface area contributed by atoms with E-state index in [2.05, 4.69) is 0 Å². The van der Waals surface area contributed by atoms with Gasteiger partial charge in [-0.2, -0.15) is 0 Å². The van der Waals surface area contributed by atoms with Gasteiger partial charge in [0, 0.05) is 37.7 Å². The van der Waals surface area contributed by atoms with Crippen LogP contribution in [-0.4, -0.2) is 82.9 Å². The average Bonchev–Trinajstić information content (AvgIpc) is 1.84. The van der Waals surface area contributed by atoms with Gasteiger partial charge < -0.3 is 20.4 Å². The van der Waals surface area contributed by atoms with Gasteiger partial charge in [-0.25, -0.2) is 4.79 Å². The zero-order chi connectivity index (χ0) is 7.44. The predicted molar refractivity (Wildman–Crippen MR) is 32.5 cm³/mol. The van der Waals surface area contributed by atoms with Crippen molar-refractivity contribution in [1.82, 2.24) is 0 Å². The van der Waals surface area contributed by atoms with Crippen LogP contribution in [-0.2, 0) is 4.79 Å². The molecule has 0 aromatic rings. The Labute approximate surface area is 87.3 Å². The van der Waals surface area contributed by atoms with Gasteiger partial charge in [0.15, 0.2) is 6.10 Å². The molecule has 0 heterocycles. The standard InChI is InChI=1S/C4H8O5.Ca/c5-1-2(6)3(7)4(8)9;/h2-3,5-7H,1H2,(H,8,9);/t2-,3-;/m1./s1. The van der Waals surface area contributed by atoms with E-state index in [1.165, 1.54) is 0 Å². The van der Waals surface area contributed by atoms with Gasteiger partial charge in [0.2, 0.25) is 0 Å². The molecule has 0 fully saturated rings. The van der Waals surface area contributed by atoms with Crippen LogP contribution >= 0.6 is 0 Å². The first kappa shape index (κ1) is 13.2. The molecule has 0 aliphatic rings. The molecule has 4 N–H and O–H groups in total. The monoisotopic (exact) mass is 176 g/mol. The number of carbonyl (C=O) groups is 1. The van der Waals surface area contributed by atoms with Gasteiger partial charge in [0.05, 0.1) is 6.61 Å². The normalized spacial score (nSPS) is 15.1. The molecule has 0 unspecified atom stereocenters. The van der Waals surface area contributed by atoms with Crippen molar-refractivity contribution >= 4 is 43.7 Å². The number of aliphatic hydroxyl groups excluding tert-OH is 3. The van der Waals surface area contributed by atoms with Gasteiger partial charge >= 0.3 is 5.97 Å². The van der Waals surface area contributed by atoms with E-state index >= 15 is 0 Å². The summed E-state index contributed by atoms with van der Waals surface area (Å²) in [6.07, 6.45) is -3.49. The van der Waals surface area contributed by atoms with E-state index in [-0.39, 0.29) is 37.7 Å². The van der Waals surface area contributed by atoms with Crippen molar-refractivity contribution in [3.8, 4) is 0 Å². The number of aliphatic carboxylic acids is 1. The molecule has 2 atom stereocenters. The summed E-state index contributed by atoms with van der Waals surface area (Å²) >= 11 is 0. The molecule has 0 saturated carbocycles. The summed E-state index contributed by atoms with van der Waals surface area (Å²) < 4.78 is 0. The van der Waals surface area contributed by atoms with Crippen LogP contribution in [0.15, 0.2) is 0 Å². The van der Waals surface area contributed by atoms with Gasteiger partial charge in [-0.1, -0.05) is 0 Å². The predicted octanol–water partition coefficient (Wildman–Crippen LogP) is -2.60. The molecule has 5 nitrogen and oxygen atoms in total. The molecule has 0 aliphatic heterocycles. The first-order valence-electron chi connectivity index (χ1n) is 2.29. The molecule has 0 aromatic carbocycles. The van der Waals surface area contributed by atoms with Crippen LogP contribution in [0.5, 0.6) is 0 Å². The summed E-state index contributed by atoms with van der Waals surface area (Å²) in [7, 11) is 0. The van der Waals surface area contributed by atoms with Crippen LogP contribution in [0.25, 0.3) is 0 Å². The maximum atomic E-state index is 9.78. The summed E-state index contributed by atoms with van der Waals surface area (Å²) in [5.74, 6) is -1.54.